The number of nitro groups is 1. The molecule has 3 aromatic carbocycles. The highest BCUT2D eigenvalue weighted by Gasteiger charge is 2.38. The lowest BCUT2D eigenvalue weighted by atomic mass is 9.76. The number of hydrogen-bond acceptors (Lipinski definition) is 3. The van der Waals surface area contributed by atoms with Crippen molar-refractivity contribution in [3.05, 3.63) is 106 Å². The zero-order valence-corrected chi connectivity index (χ0v) is 15.3. The highest BCUT2D eigenvalue weighted by molar-refractivity contribution is 5.71. The maximum atomic E-state index is 11.0. The van der Waals surface area contributed by atoms with E-state index in [4.69, 9.17) is 0 Å². The van der Waals surface area contributed by atoms with Gasteiger partial charge in [0.25, 0.3) is 5.69 Å². The molecule has 1 aliphatic heterocycles. The average Bonchev–Trinajstić information content (AvgIpc) is 3.24. The van der Waals surface area contributed by atoms with Crippen molar-refractivity contribution < 1.29 is 4.92 Å². The van der Waals surface area contributed by atoms with Crippen LogP contribution in [0.25, 0.3) is 11.1 Å². The molecule has 3 atom stereocenters. The maximum absolute atomic E-state index is 11.0. The number of nitrogens with zero attached hydrogens (tertiary/aromatic N) is 1. The van der Waals surface area contributed by atoms with Crippen LogP contribution in [-0.2, 0) is 0 Å². The van der Waals surface area contributed by atoms with Gasteiger partial charge in [0.15, 0.2) is 0 Å². The molecule has 0 radical (unpaired) electrons. The Kier molecular flexibility index (Phi) is 3.97. The van der Waals surface area contributed by atoms with E-state index in [9.17, 15) is 10.1 Å². The molecule has 28 heavy (non-hydrogen) atoms. The molecule has 3 aromatic rings. The Balaban J connectivity index is 1.52. The fraction of sp³-hybridized carbons (Fsp3) is 0.167. The third kappa shape index (κ3) is 2.78. The van der Waals surface area contributed by atoms with Crippen LogP contribution >= 0.6 is 0 Å². The molecule has 138 valence electrons. The lowest BCUT2D eigenvalue weighted by Crippen LogP contribution is -2.29. The molecule has 1 heterocycles. The minimum atomic E-state index is -0.349. The van der Waals surface area contributed by atoms with Gasteiger partial charge in [-0.2, -0.15) is 0 Å². The number of nitro benzene ring substituents is 1. The van der Waals surface area contributed by atoms with Gasteiger partial charge in [-0.05, 0) is 46.7 Å². The number of anilines is 1. The number of allylic oxidation sites excluding steroid dienone is 2. The van der Waals surface area contributed by atoms with Gasteiger partial charge in [-0.15, -0.1) is 0 Å². The first-order valence-electron chi connectivity index (χ1n) is 9.57. The van der Waals surface area contributed by atoms with Gasteiger partial charge in [-0.1, -0.05) is 60.7 Å². The van der Waals surface area contributed by atoms with Gasteiger partial charge in [0, 0.05) is 23.7 Å². The first-order chi connectivity index (χ1) is 13.7. The summed E-state index contributed by atoms with van der Waals surface area (Å²) < 4.78 is 0. The van der Waals surface area contributed by atoms with Crippen LogP contribution in [0.3, 0.4) is 0 Å². The summed E-state index contributed by atoms with van der Waals surface area (Å²) in [6.45, 7) is 0. The zero-order chi connectivity index (χ0) is 19.1. The van der Waals surface area contributed by atoms with Crippen LogP contribution in [0, 0.1) is 16.0 Å². The Hall–Kier alpha value is -3.40. The molecule has 0 unspecified atom stereocenters. The van der Waals surface area contributed by atoms with Crippen LogP contribution in [-0.4, -0.2) is 4.92 Å². The van der Waals surface area contributed by atoms with Crippen molar-refractivity contribution >= 4 is 11.4 Å². The maximum Gasteiger partial charge on any atom is 0.269 e. The molecule has 0 spiro atoms. The van der Waals surface area contributed by atoms with E-state index >= 15 is 0 Å². The second kappa shape index (κ2) is 6.64. The Bertz CT molecular complexity index is 1060. The van der Waals surface area contributed by atoms with Crippen LogP contribution in [0.5, 0.6) is 0 Å². The zero-order valence-electron chi connectivity index (χ0n) is 15.3. The summed E-state index contributed by atoms with van der Waals surface area (Å²) in [4.78, 5) is 10.6. The predicted octanol–water partition coefficient (Wildman–Crippen LogP) is 6.09. The van der Waals surface area contributed by atoms with Crippen molar-refractivity contribution in [2.75, 3.05) is 5.32 Å². The third-order valence-electron chi connectivity index (χ3n) is 5.93. The molecule has 4 heteroatoms. The summed E-state index contributed by atoms with van der Waals surface area (Å²) in [6.07, 6.45) is 5.59. The molecule has 0 bridgehead atoms. The first-order valence-corrected chi connectivity index (χ1v) is 9.57. The second-order valence-corrected chi connectivity index (χ2v) is 7.49. The van der Waals surface area contributed by atoms with E-state index in [0.717, 1.165) is 17.7 Å². The van der Waals surface area contributed by atoms with Crippen molar-refractivity contribution in [1.29, 1.82) is 0 Å². The largest absolute Gasteiger partial charge is 0.378 e. The molecule has 1 N–H and O–H groups in total. The minimum Gasteiger partial charge on any atom is -0.378 e. The van der Waals surface area contributed by atoms with E-state index < -0.39 is 0 Å². The smallest absolute Gasteiger partial charge is 0.269 e. The van der Waals surface area contributed by atoms with Crippen LogP contribution in [0.15, 0.2) is 84.9 Å². The van der Waals surface area contributed by atoms with E-state index in [2.05, 4.69) is 59.9 Å². The fourth-order valence-corrected chi connectivity index (χ4v) is 4.54. The van der Waals surface area contributed by atoms with E-state index in [0.29, 0.717) is 11.8 Å². The SMILES string of the molecule is O=[N+]([O-])c1ccc([C@@H]2Nc3ccc(-c4ccccc4)cc3[C@H]3C=CC[C@@H]32)cc1. The number of nitrogens with one attached hydrogen (secondary N) is 1. The monoisotopic (exact) mass is 368 g/mol. The number of non-ortho nitro benzene ring substituents is 1. The Morgan fingerprint density at radius 2 is 1.71 bits per heavy atom. The molecule has 0 aromatic heterocycles. The number of benzene rings is 3. The Labute approximate surface area is 163 Å². The van der Waals surface area contributed by atoms with E-state index in [1.54, 1.807) is 12.1 Å². The van der Waals surface area contributed by atoms with Gasteiger partial charge >= 0.3 is 0 Å². The number of fused-ring (bicyclic) bond motifs is 3. The molecule has 1 aliphatic carbocycles. The van der Waals surface area contributed by atoms with Crippen molar-refractivity contribution in [2.24, 2.45) is 5.92 Å². The third-order valence-corrected chi connectivity index (χ3v) is 5.93. The molecular weight excluding hydrogens is 348 g/mol. The normalized spacial score (nSPS) is 22.2. The highest BCUT2D eigenvalue weighted by atomic mass is 16.6. The molecule has 5 rings (SSSR count). The molecule has 2 aliphatic rings. The average molecular weight is 368 g/mol. The topological polar surface area (TPSA) is 55.2 Å². The second-order valence-electron chi connectivity index (χ2n) is 7.49. The number of rotatable bonds is 3. The summed E-state index contributed by atoms with van der Waals surface area (Å²) >= 11 is 0. The lowest BCUT2D eigenvalue weighted by molar-refractivity contribution is -0.384. The molecule has 0 saturated heterocycles. The summed E-state index contributed by atoms with van der Waals surface area (Å²) in [5.41, 5.74) is 6.17. The molecular formula is C24H20N2O2. The Morgan fingerprint density at radius 1 is 0.929 bits per heavy atom. The molecule has 0 fully saturated rings. The first kappa shape index (κ1) is 16.8. The quantitative estimate of drug-likeness (QED) is 0.346. The van der Waals surface area contributed by atoms with Crippen LogP contribution in [0.4, 0.5) is 11.4 Å². The predicted molar refractivity (Wildman–Crippen MR) is 111 cm³/mol. The van der Waals surface area contributed by atoms with Crippen molar-refractivity contribution in [3.63, 3.8) is 0 Å². The van der Waals surface area contributed by atoms with E-state index in [1.165, 1.54) is 16.7 Å². The van der Waals surface area contributed by atoms with Crippen molar-refractivity contribution in [1.82, 2.24) is 0 Å². The Morgan fingerprint density at radius 3 is 2.46 bits per heavy atom. The van der Waals surface area contributed by atoms with Crippen LogP contribution in [0.1, 0.15) is 29.5 Å². The van der Waals surface area contributed by atoms with Gasteiger partial charge in [-0.25, -0.2) is 0 Å². The summed E-state index contributed by atoms with van der Waals surface area (Å²) in [5.74, 6) is 0.778. The molecule has 4 nitrogen and oxygen atoms in total. The van der Waals surface area contributed by atoms with Crippen molar-refractivity contribution in [3.8, 4) is 11.1 Å². The van der Waals surface area contributed by atoms with Gasteiger partial charge < -0.3 is 5.32 Å². The minimum absolute atomic E-state index is 0.133. The van der Waals surface area contributed by atoms with Gasteiger partial charge in [0.2, 0.25) is 0 Å². The summed E-state index contributed by atoms with van der Waals surface area (Å²) in [7, 11) is 0. The summed E-state index contributed by atoms with van der Waals surface area (Å²) in [6, 6.07) is 24.2. The standard InChI is InChI=1S/C24H20N2O2/c27-26(28)19-12-9-17(10-13-19)24-21-8-4-7-20(21)22-15-18(11-14-23(22)25-24)16-5-2-1-3-6-16/h1-7,9-15,20-21,24-25H,8H2/t20-,21-,24-/m0/s1. The van der Waals surface area contributed by atoms with Gasteiger partial charge in [0.05, 0.1) is 11.0 Å². The summed E-state index contributed by atoms with van der Waals surface area (Å²) in [5, 5.41) is 14.7. The van der Waals surface area contributed by atoms with Gasteiger partial charge in [-0.3, -0.25) is 10.1 Å². The number of hydrogen-bond donors (Lipinski definition) is 1. The van der Waals surface area contributed by atoms with Gasteiger partial charge in [0.1, 0.15) is 0 Å². The fourth-order valence-electron chi connectivity index (χ4n) is 4.54. The van der Waals surface area contributed by atoms with Crippen LogP contribution in [0.2, 0.25) is 0 Å². The lowest BCUT2D eigenvalue weighted by Gasteiger charge is -2.37. The van der Waals surface area contributed by atoms with E-state index in [-0.39, 0.29) is 16.7 Å². The van der Waals surface area contributed by atoms with Crippen LogP contribution < -0.4 is 5.32 Å². The molecule has 0 amide bonds. The molecule has 0 saturated carbocycles. The highest BCUT2D eigenvalue weighted by Crippen LogP contribution is 2.50. The van der Waals surface area contributed by atoms with Crippen molar-refractivity contribution in [2.45, 2.75) is 18.4 Å². The van der Waals surface area contributed by atoms with E-state index in [1.807, 2.05) is 18.2 Å².